The van der Waals surface area contributed by atoms with Gasteiger partial charge in [0.15, 0.2) is 5.78 Å². The molecule has 0 unspecified atom stereocenters. The van der Waals surface area contributed by atoms with E-state index in [0.717, 1.165) is 45.1 Å². The zero-order valence-corrected chi connectivity index (χ0v) is 26.6. The highest BCUT2D eigenvalue weighted by Crippen LogP contribution is 2.54. The van der Waals surface area contributed by atoms with Crippen LogP contribution in [0.25, 0.3) is 5.57 Å². The van der Waals surface area contributed by atoms with Crippen LogP contribution in [0.1, 0.15) is 72.1 Å². The zero-order chi connectivity index (χ0) is 30.4. The lowest BCUT2D eigenvalue weighted by molar-refractivity contribution is -0.0399. The summed E-state index contributed by atoms with van der Waals surface area (Å²) in [5, 5.41) is 0. The van der Waals surface area contributed by atoms with Gasteiger partial charge in [-0.25, -0.2) is 0 Å². The fraction of sp³-hybridized carbons (Fsp3) is 0.459. The van der Waals surface area contributed by atoms with E-state index in [1.807, 2.05) is 6.07 Å². The molecule has 0 N–H and O–H groups in total. The van der Waals surface area contributed by atoms with Crippen LogP contribution in [-0.2, 0) is 9.47 Å². The van der Waals surface area contributed by atoms with Gasteiger partial charge in [0.1, 0.15) is 0 Å². The van der Waals surface area contributed by atoms with E-state index in [1.165, 1.54) is 53.8 Å². The number of aryl methyl sites for hydroxylation is 1. The fourth-order valence-electron chi connectivity index (χ4n) is 6.48. The van der Waals surface area contributed by atoms with Crippen LogP contribution in [0.4, 0.5) is 5.69 Å². The summed E-state index contributed by atoms with van der Waals surface area (Å²) in [4.78, 5) is 20.0. The first kappa shape index (κ1) is 31.1. The molecule has 1 aliphatic carbocycles. The Balaban J connectivity index is 0.000000207. The number of methoxy groups -OCH3 is 1. The van der Waals surface area contributed by atoms with Crippen LogP contribution in [0.3, 0.4) is 0 Å². The number of anilines is 1. The SMILES string of the molecule is CC(=O)c1cncc(N2CCOCC2)c1.COCCN1CC2(CC(=C(c3ccc(C)cc3)c3ccc(C(C)C)cc3)C2)C1. The van der Waals surface area contributed by atoms with E-state index < -0.39 is 0 Å². The molecule has 1 spiro atoms. The van der Waals surface area contributed by atoms with Gasteiger partial charge in [0, 0.05) is 57.0 Å². The molecule has 2 aliphatic heterocycles. The second-order valence-corrected chi connectivity index (χ2v) is 12.8. The van der Waals surface area contributed by atoms with Crippen LogP contribution >= 0.6 is 0 Å². The van der Waals surface area contributed by atoms with Crippen LogP contribution in [0.15, 0.2) is 72.6 Å². The number of hydrogen-bond donors (Lipinski definition) is 0. The van der Waals surface area contributed by atoms with Gasteiger partial charge >= 0.3 is 0 Å². The summed E-state index contributed by atoms with van der Waals surface area (Å²) >= 11 is 0. The molecule has 0 radical (unpaired) electrons. The minimum atomic E-state index is 0.0533. The summed E-state index contributed by atoms with van der Waals surface area (Å²) in [5.41, 5.74) is 10.8. The molecule has 3 aromatic rings. The lowest BCUT2D eigenvalue weighted by atomic mass is 9.59. The number of ether oxygens (including phenoxy) is 2. The molecule has 0 atom stereocenters. The molecule has 6 nitrogen and oxygen atoms in total. The van der Waals surface area contributed by atoms with Crippen LogP contribution in [-0.4, -0.2) is 75.3 Å². The van der Waals surface area contributed by atoms with Gasteiger partial charge in [-0.05, 0) is 60.9 Å². The first-order valence-corrected chi connectivity index (χ1v) is 15.7. The number of carbonyl (C=O) groups is 1. The fourth-order valence-corrected chi connectivity index (χ4v) is 6.48. The Morgan fingerprint density at radius 1 is 0.953 bits per heavy atom. The molecule has 3 aliphatic rings. The van der Waals surface area contributed by atoms with Crippen molar-refractivity contribution in [2.75, 3.05) is 64.6 Å². The summed E-state index contributed by atoms with van der Waals surface area (Å²) in [6.07, 6.45) is 5.88. The van der Waals surface area contributed by atoms with E-state index >= 15 is 0 Å². The van der Waals surface area contributed by atoms with Crippen molar-refractivity contribution in [2.24, 2.45) is 5.41 Å². The molecule has 2 aromatic carbocycles. The van der Waals surface area contributed by atoms with Crippen LogP contribution in [0, 0.1) is 12.3 Å². The number of morpholine rings is 1. The molecule has 1 saturated carbocycles. The molecule has 6 heteroatoms. The van der Waals surface area contributed by atoms with E-state index in [9.17, 15) is 4.79 Å². The van der Waals surface area contributed by atoms with E-state index in [-0.39, 0.29) is 5.78 Å². The summed E-state index contributed by atoms with van der Waals surface area (Å²) < 4.78 is 10.5. The van der Waals surface area contributed by atoms with Crippen LogP contribution < -0.4 is 4.90 Å². The number of benzene rings is 2. The molecule has 2 saturated heterocycles. The summed E-state index contributed by atoms with van der Waals surface area (Å²) in [6, 6.07) is 20.2. The lowest BCUT2D eigenvalue weighted by Crippen LogP contribution is -2.60. The number of hydrogen-bond acceptors (Lipinski definition) is 6. The Morgan fingerprint density at radius 2 is 1.58 bits per heavy atom. The maximum Gasteiger partial charge on any atom is 0.161 e. The van der Waals surface area contributed by atoms with Crippen molar-refractivity contribution < 1.29 is 14.3 Å². The predicted octanol–water partition coefficient (Wildman–Crippen LogP) is 6.78. The average molecular weight is 582 g/mol. The summed E-state index contributed by atoms with van der Waals surface area (Å²) in [6.45, 7) is 15.8. The molecule has 6 rings (SSSR count). The van der Waals surface area contributed by atoms with Gasteiger partial charge in [0.2, 0.25) is 0 Å². The van der Waals surface area contributed by atoms with Crippen LogP contribution in [0.2, 0.25) is 0 Å². The van der Waals surface area contributed by atoms with Gasteiger partial charge in [-0.3, -0.25) is 14.7 Å². The molecule has 43 heavy (non-hydrogen) atoms. The van der Waals surface area contributed by atoms with Crippen molar-refractivity contribution in [3.63, 3.8) is 0 Å². The van der Waals surface area contributed by atoms with E-state index in [4.69, 9.17) is 9.47 Å². The zero-order valence-electron chi connectivity index (χ0n) is 26.6. The van der Waals surface area contributed by atoms with Crippen molar-refractivity contribution in [2.45, 2.75) is 46.5 Å². The number of aromatic nitrogens is 1. The summed E-state index contributed by atoms with van der Waals surface area (Å²) in [5.74, 6) is 0.627. The van der Waals surface area contributed by atoms with Crippen molar-refractivity contribution in [3.05, 3.63) is 100 Å². The first-order chi connectivity index (χ1) is 20.8. The van der Waals surface area contributed by atoms with Crippen molar-refractivity contribution >= 4 is 17.0 Å². The molecule has 0 bridgehead atoms. The quantitative estimate of drug-likeness (QED) is 0.273. The predicted molar refractivity (Wildman–Crippen MR) is 175 cm³/mol. The second-order valence-electron chi connectivity index (χ2n) is 12.8. The molecule has 3 heterocycles. The third-order valence-corrected chi connectivity index (χ3v) is 8.97. The van der Waals surface area contributed by atoms with Gasteiger partial charge < -0.3 is 14.4 Å². The number of ketones is 1. The van der Waals surface area contributed by atoms with Crippen molar-refractivity contribution in [1.29, 1.82) is 0 Å². The smallest absolute Gasteiger partial charge is 0.161 e. The van der Waals surface area contributed by atoms with Crippen LogP contribution in [0.5, 0.6) is 0 Å². The minimum absolute atomic E-state index is 0.0533. The van der Waals surface area contributed by atoms with Crippen molar-refractivity contribution in [3.8, 4) is 0 Å². The number of rotatable bonds is 8. The molecular formula is C37H47N3O3. The Hall–Kier alpha value is -3.32. The Kier molecular flexibility index (Phi) is 10.1. The number of likely N-dealkylation sites (tertiary alicyclic amines) is 1. The third-order valence-electron chi connectivity index (χ3n) is 8.97. The normalized spacial score (nSPS) is 17.6. The van der Waals surface area contributed by atoms with E-state index in [1.54, 1.807) is 32.0 Å². The van der Waals surface area contributed by atoms with E-state index in [2.05, 4.69) is 84.1 Å². The summed E-state index contributed by atoms with van der Waals surface area (Å²) in [7, 11) is 1.79. The number of allylic oxidation sites excluding steroid dienone is 1. The Bertz CT molecular complexity index is 1390. The standard InChI is InChI=1S/C26H33NO.C11H14N2O2/c1-19(2)21-9-11-23(12-10-21)25(22-7-5-20(3)6-8-22)24-15-26(16-24)17-27(18-26)13-14-28-4;1-9(14)10-6-11(8-12-7-10)13-2-4-15-5-3-13/h5-12,19H,13-18H2,1-4H3;6-8H,2-5H2,1H3. The number of pyridine rings is 1. The van der Waals surface area contributed by atoms with Gasteiger partial charge in [-0.1, -0.05) is 73.5 Å². The maximum atomic E-state index is 11.2. The number of carbonyl (C=O) groups excluding carboxylic acids is 1. The van der Waals surface area contributed by atoms with Crippen molar-refractivity contribution in [1.82, 2.24) is 9.88 Å². The average Bonchev–Trinajstić information content (AvgIpc) is 2.99. The highest BCUT2D eigenvalue weighted by Gasteiger charge is 2.50. The van der Waals surface area contributed by atoms with Gasteiger partial charge in [0.05, 0.1) is 31.7 Å². The molecular weight excluding hydrogens is 534 g/mol. The first-order valence-electron chi connectivity index (χ1n) is 15.7. The monoisotopic (exact) mass is 581 g/mol. The highest BCUT2D eigenvalue weighted by atomic mass is 16.5. The number of Topliss-reactive ketones (excluding diaryl/α,β-unsaturated/α-hetero) is 1. The lowest BCUT2D eigenvalue weighted by Gasteiger charge is -2.57. The highest BCUT2D eigenvalue weighted by molar-refractivity contribution is 5.94. The van der Waals surface area contributed by atoms with E-state index in [0.29, 0.717) is 16.9 Å². The van der Waals surface area contributed by atoms with Gasteiger partial charge in [-0.2, -0.15) is 0 Å². The molecule has 0 amide bonds. The third kappa shape index (κ3) is 7.61. The maximum absolute atomic E-state index is 11.2. The second kappa shape index (κ2) is 14.0. The largest absolute Gasteiger partial charge is 0.383 e. The topological polar surface area (TPSA) is 54.9 Å². The molecule has 228 valence electrons. The molecule has 1 aromatic heterocycles. The Labute approximate surface area is 257 Å². The van der Waals surface area contributed by atoms with Gasteiger partial charge in [-0.15, -0.1) is 0 Å². The number of nitrogens with zero attached hydrogens (tertiary/aromatic N) is 3. The minimum Gasteiger partial charge on any atom is -0.383 e. The van der Waals surface area contributed by atoms with Gasteiger partial charge in [0.25, 0.3) is 0 Å². The molecule has 3 fully saturated rings. The Morgan fingerprint density at radius 3 is 2.16 bits per heavy atom.